The van der Waals surface area contributed by atoms with Crippen molar-refractivity contribution in [3.63, 3.8) is 0 Å². The van der Waals surface area contributed by atoms with Crippen molar-refractivity contribution in [1.82, 2.24) is 25.1 Å². The molecule has 2 aliphatic rings. The van der Waals surface area contributed by atoms with Crippen molar-refractivity contribution < 1.29 is 4.42 Å². The number of rotatable bonds is 1. The topological polar surface area (TPSA) is 77.6 Å². The molecule has 6 nitrogen and oxygen atoms in total. The number of nitrogens with zero attached hydrogens (tertiary/aromatic N) is 5. The first-order valence-corrected chi connectivity index (χ1v) is 8.03. The first kappa shape index (κ1) is 14.2. The van der Waals surface area contributed by atoms with Gasteiger partial charge in [-0.2, -0.15) is 0 Å². The van der Waals surface area contributed by atoms with E-state index in [1.165, 1.54) is 0 Å². The molecule has 2 aliphatic heterocycles. The van der Waals surface area contributed by atoms with Crippen LogP contribution in [0, 0.1) is 6.92 Å². The average Bonchev–Trinajstić information content (AvgIpc) is 3.00. The molecular weight excluding hydrogens is 338 g/mol. The summed E-state index contributed by atoms with van der Waals surface area (Å²) in [5, 5.41) is 10.8. The Labute approximate surface area is 146 Å². The van der Waals surface area contributed by atoms with Crippen LogP contribution >= 0.6 is 11.6 Å². The normalized spacial score (nSPS) is 11.6. The van der Waals surface area contributed by atoms with Gasteiger partial charge in [-0.05, 0) is 31.2 Å². The van der Waals surface area contributed by atoms with Crippen molar-refractivity contribution in [3.05, 3.63) is 53.3 Å². The smallest absolute Gasteiger partial charge is 0.250 e. The van der Waals surface area contributed by atoms with E-state index in [4.69, 9.17) is 16.0 Å². The molecule has 4 heterocycles. The van der Waals surface area contributed by atoms with Crippen LogP contribution in [0.15, 0.2) is 47.0 Å². The van der Waals surface area contributed by atoms with E-state index in [0.29, 0.717) is 33.7 Å². The minimum absolute atomic E-state index is 0.363. The summed E-state index contributed by atoms with van der Waals surface area (Å²) in [6.07, 6.45) is 1.72. The molecule has 0 atom stereocenters. The van der Waals surface area contributed by atoms with Crippen LogP contribution < -0.4 is 0 Å². The molecule has 3 aromatic rings. The van der Waals surface area contributed by atoms with Crippen LogP contribution in [0.4, 0.5) is 0 Å². The minimum atomic E-state index is 0.363. The van der Waals surface area contributed by atoms with Gasteiger partial charge in [0.1, 0.15) is 0 Å². The highest BCUT2D eigenvalue weighted by Gasteiger charge is 2.21. The number of hydrogen-bond donors (Lipinski definition) is 0. The van der Waals surface area contributed by atoms with Gasteiger partial charge >= 0.3 is 0 Å². The van der Waals surface area contributed by atoms with Crippen LogP contribution in [0.25, 0.3) is 45.0 Å². The van der Waals surface area contributed by atoms with Gasteiger partial charge in [0, 0.05) is 17.0 Å². The summed E-state index contributed by atoms with van der Waals surface area (Å²) in [4.78, 5) is 13.2. The van der Waals surface area contributed by atoms with E-state index in [9.17, 15) is 0 Å². The van der Waals surface area contributed by atoms with E-state index in [0.717, 1.165) is 22.0 Å². The second kappa shape index (κ2) is 5.19. The number of fused-ring (bicyclic) bond motifs is 4. The molecule has 120 valence electrons. The summed E-state index contributed by atoms with van der Waals surface area (Å²) in [7, 11) is 0. The molecule has 7 heteroatoms. The molecule has 0 amide bonds. The van der Waals surface area contributed by atoms with Gasteiger partial charge in [0.15, 0.2) is 11.3 Å². The van der Waals surface area contributed by atoms with Gasteiger partial charge in [-0.1, -0.05) is 23.7 Å². The summed E-state index contributed by atoms with van der Waals surface area (Å²) in [5.41, 5.74) is 3.45. The molecule has 0 fully saturated rings. The highest BCUT2D eigenvalue weighted by atomic mass is 35.5. The summed E-state index contributed by atoms with van der Waals surface area (Å²) < 4.78 is 5.91. The third-order valence-electron chi connectivity index (χ3n) is 4.10. The molecule has 25 heavy (non-hydrogen) atoms. The monoisotopic (exact) mass is 347 g/mol. The van der Waals surface area contributed by atoms with E-state index in [-0.39, 0.29) is 0 Å². The highest BCUT2D eigenvalue weighted by molar-refractivity contribution is 6.35. The standard InChI is InChI=1S/C18H10ClN5O/c1-9-12(8-10-4-3-7-20-16(10)21-9)17-24-23-15-11-5-2-6-13(19)14(11)22-18(15)25-17/h2-8H,1H3. The van der Waals surface area contributed by atoms with E-state index in [1.807, 2.05) is 37.3 Å². The van der Waals surface area contributed by atoms with Crippen molar-refractivity contribution >= 4 is 33.5 Å². The largest absolute Gasteiger partial charge is 0.416 e. The summed E-state index contributed by atoms with van der Waals surface area (Å²) in [5.74, 6) is 0.765. The number of hydrogen-bond acceptors (Lipinski definition) is 6. The maximum Gasteiger partial charge on any atom is 0.250 e. The lowest BCUT2D eigenvalue weighted by atomic mass is 10.1. The molecule has 0 N–H and O–H groups in total. The molecular formula is C18H10ClN5O. The minimum Gasteiger partial charge on any atom is -0.416 e. The maximum atomic E-state index is 6.21. The third-order valence-corrected chi connectivity index (χ3v) is 4.41. The van der Waals surface area contributed by atoms with E-state index >= 15 is 0 Å². The zero-order chi connectivity index (χ0) is 17.0. The number of para-hydroxylation sites is 1. The Bertz CT molecular complexity index is 1230. The first-order valence-electron chi connectivity index (χ1n) is 7.65. The third kappa shape index (κ3) is 2.15. The number of halogens is 1. The molecule has 1 aromatic carbocycles. The quantitative estimate of drug-likeness (QED) is 0.450. The van der Waals surface area contributed by atoms with E-state index < -0.39 is 0 Å². The summed E-state index contributed by atoms with van der Waals surface area (Å²) in [6, 6.07) is 11.3. The van der Waals surface area contributed by atoms with Crippen molar-refractivity contribution in [3.8, 4) is 23.0 Å². The number of pyridine rings is 2. The van der Waals surface area contributed by atoms with Gasteiger partial charge in [-0.15, -0.1) is 10.2 Å². The van der Waals surface area contributed by atoms with E-state index in [2.05, 4.69) is 25.1 Å². The Kier molecular flexibility index (Phi) is 2.96. The summed E-state index contributed by atoms with van der Waals surface area (Å²) >= 11 is 6.21. The predicted molar refractivity (Wildman–Crippen MR) is 94.5 cm³/mol. The second-order valence-corrected chi connectivity index (χ2v) is 6.09. The lowest BCUT2D eigenvalue weighted by molar-refractivity contribution is 0.530. The Morgan fingerprint density at radius 3 is 2.84 bits per heavy atom. The SMILES string of the molecule is Cc1nc2ncccc2cc1-c1nnc2c3cccc(Cl)c3nc-2o1. The van der Waals surface area contributed by atoms with Gasteiger partial charge in [0.05, 0.1) is 21.8 Å². The van der Waals surface area contributed by atoms with E-state index in [1.54, 1.807) is 12.3 Å². The van der Waals surface area contributed by atoms with Crippen LogP contribution in [-0.2, 0) is 0 Å². The number of aromatic nitrogens is 5. The fourth-order valence-corrected chi connectivity index (χ4v) is 3.10. The highest BCUT2D eigenvalue weighted by Crippen LogP contribution is 2.34. The van der Waals surface area contributed by atoms with Crippen LogP contribution in [0.5, 0.6) is 0 Å². The fourth-order valence-electron chi connectivity index (χ4n) is 2.88. The van der Waals surface area contributed by atoms with Crippen molar-refractivity contribution in [2.75, 3.05) is 0 Å². The van der Waals surface area contributed by atoms with Crippen LogP contribution in [0.3, 0.4) is 0 Å². The zero-order valence-corrected chi connectivity index (χ0v) is 13.8. The van der Waals surface area contributed by atoms with Gasteiger partial charge in [-0.3, -0.25) is 0 Å². The van der Waals surface area contributed by atoms with Crippen LogP contribution in [0.2, 0.25) is 5.02 Å². The molecule has 0 bridgehead atoms. The van der Waals surface area contributed by atoms with Crippen LogP contribution in [-0.4, -0.2) is 25.1 Å². The van der Waals surface area contributed by atoms with Crippen molar-refractivity contribution in [2.45, 2.75) is 6.92 Å². The number of aryl methyl sites for hydroxylation is 1. The second-order valence-electron chi connectivity index (χ2n) is 5.68. The molecule has 0 saturated carbocycles. The van der Waals surface area contributed by atoms with Gasteiger partial charge in [0.2, 0.25) is 5.89 Å². The Morgan fingerprint density at radius 1 is 1.00 bits per heavy atom. The Balaban J connectivity index is 1.76. The Morgan fingerprint density at radius 2 is 1.92 bits per heavy atom. The molecule has 0 saturated heterocycles. The van der Waals surface area contributed by atoms with Gasteiger partial charge in [0.25, 0.3) is 5.89 Å². The van der Waals surface area contributed by atoms with Gasteiger partial charge < -0.3 is 4.42 Å². The zero-order valence-electron chi connectivity index (χ0n) is 13.1. The molecule has 5 rings (SSSR count). The lowest BCUT2D eigenvalue weighted by Crippen LogP contribution is -1.96. The summed E-state index contributed by atoms with van der Waals surface area (Å²) in [6.45, 7) is 1.89. The lowest BCUT2D eigenvalue weighted by Gasteiger charge is -2.06. The molecule has 0 spiro atoms. The predicted octanol–water partition coefficient (Wildman–Crippen LogP) is 4.29. The average molecular weight is 348 g/mol. The van der Waals surface area contributed by atoms with Gasteiger partial charge in [-0.25, -0.2) is 15.0 Å². The van der Waals surface area contributed by atoms with Crippen molar-refractivity contribution in [1.29, 1.82) is 0 Å². The fraction of sp³-hybridized carbons (Fsp3) is 0.0556. The number of benzene rings is 1. The molecule has 0 aliphatic carbocycles. The van der Waals surface area contributed by atoms with Crippen LogP contribution in [0.1, 0.15) is 5.69 Å². The molecule has 0 radical (unpaired) electrons. The first-order chi connectivity index (χ1) is 12.2. The van der Waals surface area contributed by atoms with Crippen molar-refractivity contribution in [2.24, 2.45) is 0 Å². The maximum absolute atomic E-state index is 6.21. The molecule has 2 aromatic heterocycles. The molecule has 0 unspecified atom stereocenters. The Hall–Kier alpha value is -3.12.